The summed E-state index contributed by atoms with van der Waals surface area (Å²) in [6.07, 6.45) is 0. The number of anilines is 1. The van der Waals surface area contributed by atoms with E-state index in [0.717, 1.165) is 11.3 Å². The molecule has 0 bridgehead atoms. The zero-order chi connectivity index (χ0) is 13.0. The highest BCUT2D eigenvalue weighted by molar-refractivity contribution is 5.98. The third-order valence-electron chi connectivity index (χ3n) is 2.38. The Morgan fingerprint density at radius 2 is 2.00 bits per heavy atom. The summed E-state index contributed by atoms with van der Waals surface area (Å²) in [4.78, 5) is 13.8. The molecule has 2 N–H and O–H groups in total. The average molecular weight is 243 g/mol. The second kappa shape index (κ2) is 5.22. The van der Waals surface area contributed by atoms with E-state index in [1.54, 1.807) is 6.92 Å². The van der Waals surface area contributed by atoms with Crippen molar-refractivity contribution in [2.75, 3.05) is 5.43 Å². The molecule has 1 aromatic carbocycles. The third kappa shape index (κ3) is 2.79. The Balaban J connectivity index is 2.15. The van der Waals surface area contributed by atoms with Crippen molar-refractivity contribution in [1.29, 1.82) is 0 Å². The molecule has 0 fully saturated rings. The van der Waals surface area contributed by atoms with E-state index in [0.29, 0.717) is 5.69 Å². The van der Waals surface area contributed by atoms with Gasteiger partial charge >= 0.3 is 0 Å². The molecule has 0 amide bonds. The van der Waals surface area contributed by atoms with E-state index >= 15 is 0 Å². The van der Waals surface area contributed by atoms with Crippen LogP contribution in [0.3, 0.4) is 0 Å². The number of aryl methyl sites for hydroxylation is 1. The van der Waals surface area contributed by atoms with Crippen molar-refractivity contribution in [3.63, 3.8) is 0 Å². The first-order chi connectivity index (χ1) is 8.66. The number of benzene rings is 1. The van der Waals surface area contributed by atoms with E-state index in [4.69, 9.17) is 0 Å². The number of H-pyrrole nitrogens is 1. The number of hydrazone groups is 1. The topological polar surface area (TPSA) is 83.0 Å². The van der Waals surface area contributed by atoms with Crippen LogP contribution in [0.15, 0.2) is 40.2 Å². The fourth-order valence-electron chi connectivity index (χ4n) is 1.32. The molecule has 1 aromatic heterocycles. The molecule has 6 heteroatoms. The lowest BCUT2D eigenvalue weighted by Gasteiger charge is -2.02. The number of aromatic amines is 1. The summed E-state index contributed by atoms with van der Waals surface area (Å²) in [5.41, 5.74) is 4.50. The van der Waals surface area contributed by atoms with Gasteiger partial charge < -0.3 is 0 Å². The summed E-state index contributed by atoms with van der Waals surface area (Å²) in [5.74, 6) is 0.223. The van der Waals surface area contributed by atoms with Gasteiger partial charge in [0.25, 0.3) is 5.56 Å². The van der Waals surface area contributed by atoms with Gasteiger partial charge in [-0.15, -0.1) is 10.2 Å². The molecular formula is C12H13N5O. The lowest BCUT2D eigenvalue weighted by atomic mass is 10.1. The van der Waals surface area contributed by atoms with E-state index < -0.39 is 0 Å². The summed E-state index contributed by atoms with van der Waals surface area (Å²) in [7, 11) is 0. The largest absolute Gasteiger partial charge is 0.288 e. The van der Waals surface area contributed by atoms with Gasteiger partial charge in [-0.1, -0.05) is 30.3 Å². The molecule has 18 heavy (non-hydrogen) atoms. The van der Waals surface area contributed by atoms with Crippen LogP contribution in [0.25, 0.3) is 0 Å². The molecule has 0 spiro atoms. The molecule has 0 aliphatic heterocycles. The zero-order valence-electron chi connectivity index (χ0n) is 10.1. The maximum absolute atomic E-state index is 11.3. The molecule has 0 aliphatic rings. The Bertz CT molecular complexity index is 618. The Hall–Kier alpha value is -2.50. The fraction of sp³-hybridized carbons (Fsp3) is 0.167. The maximum atomic E-state index is 11.3. The number of rotatable bonds is 3. The minimum absolute atomic E-state index is 0.223. The van der Waals surface area contributed by atoms with Crippen LogP contribution < -0.4 is 11.0 Å². The Morgan fingerprint density at radius 3 is 2.67 bits per heavy atom. The number of nitrogens with zero attached hydrogens (tertiary/aromatic N) is 3. The monoisotopic (exact) mass is 243 g/mol. The van der Waals surface area contributed by atoms with E-state index in [2.05, 4.69) is 25.7 Å². The van der Waals surface area contributed by atoms with Gasteiger partial charge in [-0.25, -0.2) is 5.43 Å². The van der Waals surface area contributed by atoms with Gasteiger partial charge in [-0.2, -0.15) is 5.10 Å². The average Bonchev–Trinajstić information content (AvgIpc) is 2.41. The van der Waals surface area contributed by atoms with Crippen LogP contribution in [0.2, 0.25) is 0 Å². The summed E-state index contributed by atoms with van der Waals surface area (Å²) in [6.45, 7) is 3.45. The second-order valence-corrected chi connectivity index (χ2v) is 3.76. The van der Waals surface area contributed by atoms with Crippen LogP contribution in [-0.2, 0) is 0 Å². The number of nitrogens with one attached hydrogen (secondary N) is 2. The fourth-order valence-corrected chi connectivity index (χ4v) is 1.32. The molecule has 2 rings (SSSR count). The number of hydrogen-bond donors (Lipinski definition) is 2. The van der Waals surface area contributed by atoms with Crippen LogP contribution >= 0.6 is 0 Å². The van der Waals surface area contributed by atoms with Crippen LogP contribution in [0, 0.1) is 6.92 Å². The summed E-state index contributed by atoms with van der Waals surface area (Å²) >= 11 is 0. The lowest BCUT2D eigenvalue weighted by Crippen LogP contribution is -2.16. The van der Waals surface area contributed by atoms with E-state index in [1.807, 2.05) is 37.3 Å². The second-order valence-electron chi connectivity index (χ2n) is 3.76. The van der Waals surface area contributed by atoms with Crippen molar-refractivity contribution in [2.45, 2.75) is 13.8 Å². The van der Waals surface area contributed by atoms with E-state index in [9.17, 15) is 4.79 Å². The normalized spacial score (nSPS) is 11.3. The summed E-state index contributed by atoms with van der Waals surface area (Å²) in [5, 5.41) is 11.6. The molecule has 6 nitrogen and oxygen atoms in total. The molecule has 0 saturated heterocycles. The van der Waals surface area contributed by atoms with Gasteiger partial charge in [0.2, 0.25) is 5.95 Å². The molecule has 2 aromatic rings. The van der Waals surface area contributed by atoms with Gasteiger partial charge in [0.15, 0.2) is 0 Å². The van der Waals surface area contributed by atoms with Crippen molar-refractivity contribution in [1.82, 2.24) is 15.2 Å². The Morgan fingerprint density at radius 1 is 1.28 bits per heavy atom. The molecule has 0 atom stereocenters. The zero-order valence-corrected chi connectivity index (χ0v) is 10.1. The highest BCUT2D eigenvalue weighted by Crippen LogP contribution is 2.01. The van der Waals surface area contributed by atoms with Crippen molar-refractivity contribution in [2.24, 2.45) is 5.10 Å². The standard InChI is InChI=1S/C12H13N5O/c1-8(10-6-4-3-5-7-10)14-16-12-13-11(18)9(2)15-17-12/h3-7H,1-2H3,(H2,13,16,17,18). The van der Waals surface area contributed by atoms with E-state index in [1.165, 1.54) is 0 Å². The first-order valence-electron chi connectivity index (χ1n) is 5.46. The number of hydrogen-bond acceptors (Lipinski definition) is 5. The summed E-state index contributed by atoms with van der Waals surface area (Å²) < 4.78 is 0. The molecule has 0 saturated carbocycles. The summed E-state index contributed by atoms with van der Waals surface area (Å²) in [6, 6.07) is 9.70. The van der Waals surface area contributed by atoms with Crippen molar-refractivity contribution < 1.29 is 0 Å². The predicted molar refractivity (Wildman–Crippen MR) is 69.7 cm³/mol. The SMILES string of the molecule is CC(=NNc1nnc(C)c(=O)[nH]1)c1ccccc1. The molecule has 0 aliphatic carbocycles. The van der Waals surface area contributed by atoms with Crippen LogP contribution in [0.1, 0.15) is 18.2 Å². The van der Waals surface area contributed by atoms with Crippen molar-refractivity contribution >= 4 is 11.7 Å². The number of aromatic nitrogens is 3. The van der Waals surface area contributed by atoms with Crippen molar-refractivity contribution in [3.8, 4) is 0 Å². The van der Waals surface area contributed by atoms with Crippen LogP contribution in [0.4, 0.5) is 5.95 Å². The molecule has 92 valence electrons. The molecule has 0 unspecified atom stereocenters. The minimum Gasteiger partial charge on any atom is -0.288 e. The van der Waals surface area contributed by atoms with Crippen LogP contribution in [-0.4, -0.2) is 20.9 Å². The van der Waals surface area contributed by atoms with Gasteiger partial charge in [0.1, 0.15) is 5.69 Å². The van der Waals surface area contributed by atoms with E-state index in [-0.39, 0.29) is 11.5 Å². The van der Waals surface area contributed by atoms with Gasteiger partial charge in [0.05, 0.1) is 5.71 Å². The first-order valence-corrected chi connectivity index (χ1v) is 5.46. The Labute approximate surface area is 104 Å². The molecule has 0 radical (unpaired) electrons. The van der Waals surface area contributed by atoms with Gasteiger partial charge in [0, 0.05) is 0 Å². The van der Waals surface area contributed by atoms with Gasteiger partial charge in [-0.3, -0.25) is 9.78 Å². The van der Waals surface area contributed by atoms with Gasteiger partial charge in [-0.05, 0) is 19.4 Å². The first kappa shape index (κ1) is 12.0. The predicted octanol–water partition coefficient (Wildman–Crippen LogP) is 1.31. The molecule has 1 heterocycles. The highest BCUT2D eigenvalue weighted by Gasteiger charge is 1.99. The third-order valence-corrected chi connectivity index (χ3v) is 2.38. The van der Waals surface area contributed by atoms with Crippen molar-refractivity contribution in [3.05, 3.63) is 51.9 Å². The Kier molecular flexibility index (Phi) is 3.47. The van der Waals surface area contributed by atoms with Crippen LogP contribution in [0.5, 0.6) is 0 Å². The maximum Gasteiger partial charge on any atom is 0.274 e. The minimum atomic E-state index is -0.278. The lowest BCUT2D eigenvalue weighted by molar-refractivity contribution is 0.897. The highest BCUT2D eigenvalue weighted by atomic mass is 16.1. The quantitative estimate of drug-likeness (QED) is 0.629. The molecular weight excluding hydrogens is 230 g/mol. The smallest absolute Gasteiger partial charge is 0.274 e.